The SMILES string of the molecule is C1=CC=COc2ccccc2Nc2cc(ncn2)Nc2ccccc2OC=C1. The van der Waals surface area contributed by atoms with Gasteiger partial charge in [-0.05, 0) is 36.4 Å². The first kappa shape index (κ1) is 17.4. The Bertz CT molecular complexity index is 965. The van der Waals surface area contributed by atoms with Gasteiger partial charge in [0.1, 0.15) is 29.5 Å². The number of nitrogens with one attached hydrogen (secondary N) is 2. The van der Waals surface area contributed by atoms with E-state index in [1.165, 1.54) is 6.33 Å². The van der Waals surface area contributed by atoms with Crippen molar-refractivity contribution in [1.29, 1.82) is 0 Å². The molecule has 2 aromatic carbocycles. The van der Waals surface area contributed by atoms with Crippen LogP contribution in [-0.2, 0) is 0 Å². The van der Waals surface area contributed by atoms with E-state index in [1.807, 2.05) is 66.7 Å². The molecule has 138 valence electrons. The summed E-state index contributed by atoms with van der Waals surface area (Å²) in [6.07, 6.45) is 12.0. The number of anilines is 4. The molecule has 0 aliphatic carbocycles. The lowest BCUT2D eigenvalue weighted by Gasteiger charge is -2.12. The average Bonchev–Trinajstić information content (AvgIpc) is 2.72. The number of hydrogen-bond acceptors (Lipinski definition) is 6. The molecule has 1 aliphatic rings. The van der Waals surface area contributed by atoms with Crippen LogP contribution in [0.15, 0.2) is 97.8 Å². The van der Waals surface area contributed by atoms with Crippen molar-refractivity contribution in [3.63, 3.8) is 0 Å². The zero-order valence-corrected chi connectivity index (χ0v) is 14.9. The molecule has 0 radical (unpaired) electrons. The van der Waals surface area contributed by atoms with E-state index in [-0.39, 0.29) is 0 Å². The maximum absolute atomic E-state index is 5.73. The Morgan fingerprint density at radius 1 is 0.607 bits per heavy atom. The summed E-state index contributed by atoms with van der Waals surface area (Å²) in [5, 5.41) is 6.54. The minimum atomic E-state index is 0.639. The summed E-state index contributed by atoms with van der Waals surface area (Å²) in [6, 6.07) is 17.1. The number of nitrogens with zero attached hydrogens (tertiary/aromatic N) is 2. The second kappa shape index (κ2) is 8.55. The first-order valence-corrected chi connectivity index (χ1v) is 8.74. The molecule has 1 aliphatic heterocycles. The Hall–Kier alpha value is -4.06. The van der Waals surface area contributed by atoms with Crippen molar-refractivity contribution < 1.29 is 9.47 Å². The number of benzene rings is 2. The van der Waals surface area contributed by atoms with Gasteiger partial charge in [-0.3, -0.25) is 0 Å². The van der Waals surface area contributed by atoms with E-state index in [0.717, 1.165) is 11.4 Å². The van der Waals surface area contributed by atoms with E-state index >= 15 is 0 Å². The standard InChI is InChI=1S/C22H18N4O2/c1-2-8-14-28-20-12-6-4-10-18(20)26-22-15-21(23-16-24-22)25-17-9-3-5-11-19(17)27-13-7-1/h1-16H,(H2,23,24,25,26). The van der Waals surface area contributed by atoms with Gasteiger partial charge in [0.25, 0.3) is 0 Å². The number of para-hydroxylation sites is 4. The molecule has 0 spiro atoms. The number of aromatic nitrogens is 2. The van der Waals surface area contributed by atoms with E-state index in [2.05, 4.69) is 20.6 Å². The van der Waals surface area contributed by atoms with Gasteiger partial charge in [-0.25, -0.2) is 9.97 Å². The highest BCUT2D eigenvalue weighted by Crippen LogP contribution is 2.30. The molecular formula is C22H18N4O2. The van der Waals surface area contributed by atoms with Gasteiger partial charge in [-0.2, -0.15) is 0 Å². The third-order valence-corrected chi connectivity index (χ3v) is 3.85. The largest absolute Gasteiger partial charge is 0.463 e. The van der Waals surface area contributed by atoms with Crippen LogP contribution in [0.25, 0.3) is 0 Å². The van der Waals surface area contributed by atoms with Gasteiger partial charge in [0.2, 0.25) is 0 Å². The first-order valence-electron chi connectivity index (χ1n) is 8.74. The topological polar surface area (TPSA) is 68.3 Å². The van der Waals surface area contributed by atoms with Crippen LogP contribution in [0, 0.1) is 0 Å². The van der Waals surface area contributed by atoms with E-state index in [0.29, 0.717) is 23.1 Å². The van der Waals surface area contributed by atoms with Crippen LogP contribution in [-0.4, -0.2) is 9.97 Å². The maximum Gasteiger partial charge on any atom is 0.149 e. The van der Waals surface area contributed by atoms with Gasteiger partial charge in [0.15, 0.2) is 0 Å². The Morgan fingerprint density at radius 2 is 1.11 bits per heavy atom. The van der Waals surface area contributed by atoms with Crippen molar-refractivity contribution in [2.45, 2.75) is 0 Å². The second-order valence-electron chi connectivity index (χ2n) is 5.81. The Kier molecular flexibility index (Phi) is 5.30. The van der Waals surface area contributed by atoms with Crippen LogP contribution in [0.3, 0.4) is 0 Å². The van der Waals surface area contributed by atoms with Gasteiger partial charge in [-0.1, -0.05) is 36.4 Å². The fourth-order valence-electron chi connectivity index (χ4n) is 2.56. The highest BCUT2D eigenvalue weighted by molar-refractivity contribution is 5.69. The Labute approximate surface area is 162 Å². The Balaban J connectivity index is 1.71. The lowest BCUT2D eigenvalue weighted by atomic mass is 10.3. The van der Waals surface area contributed by atoms with Gasteiger partial charge < -0.3 is 20.1 Å². The molecule has 6 heteroatoms. The van der Waals surface area contributed by atoms with Crippen LogP contribution in [0.1, 0.15) is 0 Å². The fourth-order valence-corrected chi connectivity index (χ4v) is 2.56. The number of allylic oxidation sites excluding steroid dienone is 4. The van der Waals surface area contributed by atoms with E-state index in [1.54, 1.807) is 24.7 Å². The first-order chi connectivity index (χ1) is 13.9. The maximum atomic E-state index is 5.73. The van der Waals surface area contributed by atoms with Gasteiger partial charge in [0, 0.05) is 6.07 Å². The summed E-state index contributed by atoms with van der Waals surface area (Å²) in [5.41, 5.74) is 1.60. The number of hydrogen-bond donors (Lipinski definition) is 2. The molecule has 2 heterocycles. The van der Waals surface area contributed by atoms with E-state index in [9.17, 15) is 0 Å². The summed E-state index contributed by atoms with van der Waals surface area (Å²) in [6.45, 7) is 0. The van der Waals surface area contributed by atoms with E-state index < -0.39 is 0 Å². The molecule has 0 unspecified atom stereocenters. The minimum Gasteiger partial charge on any atom is -0.463 e. The van der Waals surface area contributed by atoms with Crippen molar-refractivity contribution >= 4 is 23.0 Å². The minimum absolute atomic E-state index is 0.639. The van der Waals surface area contributed by atoms with E-state index in [4.69, 9.17) is 9.47 Å². The molecule has 3 aromatic rings. The average molecular weight is 370 g/mol. The van der Waals surface area contributed by atoms with Crippen LogP contribution in [0.4, 0.5) is 23.0 Å². The second-order valence-corrected chi connectivity index (χ2v) is 5.81. The highest BCUT2D eigenvalue weighted by Gasteiger charge is 2.07. The van der Waals surface area contributed by atoms with Crippen molar-refractivity contribution in [1.82, 2.24) is 9.97 Å². The molecule has 0 saturated carbocycles. The number of fused-ring (bicyclic) bond motifs is 4. The van der Waals surface area contributed by atoms with Crippen molar-refractivity contribution in [2.75, 3.05) is 10.6 Å². The normalized spacial score (nSPS) is 13.0. The molecule has 2 bridgehead atoms. The van der Waals surface area contributed by atoms with Crippen molar-refractivity contribution in [2.24, 2.45) is 0 Å². The lowest BCUT2D eigenvalue weighted by molar-refractivity contribution is 0.483. The molecule has 0 saturated heterocycles. The van der Waals surface area contributed by atoms with Crippen LogP contribution < -0.4 is 20.1 Å². The predicted octanol–water partition coefficient (Wildman–Crippen LogP) is 5.32. The summed E-state index contributed by atoms with van der Waals surface area (Å²) < 4.78 is 11.5. The van der Waals surface area contributed by atoms with Crippen molar-refractivity contribution in [3.8, 4) is 11.5 Å². The quantitative estimate of drug-likeness (QED) is 0.558. The zero-order chi connectivity index (χ0) is 19.0. The molecule has 4 rings (SSSR count). The molecule has 2 N–H and O–H groups in total. The molecule has 28 heavy (non-hydrogen) atoms. The summed E-state index contributed by atoms with van der Waals surface area (Å²) in [5.74, 6) is 2.66. The van der Waals surface area contributed by atoms with Gasteiger partial charge >= 0.3 is 0 Å². The molecular weight excluding hydrogens is 352 g/mol. The Morgan fingerprint density at radius 3 is 1.64 bits per heavy atom. The monoisotopic (exact) mass is 370 g/mol. The zero-order valence-electron chi connectivity index (χ0n) is 14.9. The van der Waals surface area contributed by atoms with Gasteiger partial charge in [-0.15, -0.1) is 0 Å². The van der Waals surface area contributed by atoms with Crippen molar-refractivity contribution in [3.05, 3.63) is 97.8 Å². The summed E-state index contributed by atoms with van der Waals surface area (Å²) in [4.78, 5) is 8.59. The summed E-state index contributed by atoms with van der Waals surface area (Å²) in [7, 11) is 0. The molecule has 6 nitrogen and oxygen atoms in total. The van der Waals surface area contributed by atoms with Crippen LogP contribution in [0.2, 0.25) is 0 Å². The fraction of sp³-hybridized carbons (Fsp3) is 0. The number of ether oxygens (including phenoxy) is 2. The molecule has 0 atom stereocenters. The van der Waals surface area contributed by atoms with Gasteiger partial charge in [0.05, 0.1) is 23.9 Å². The highest BCUT2D eigenvalue weighted by atomic mass is 16.5. The molecule has 1 aromatic heterocycles. The van der Waals surface area contributed by atoms with Crippen LogP contribution in [0.5, 0.6) is 11.5 Å². The lowest BCUT2D eigenvalue weighted by Crippen LogP contribution is -2.00. The number of rotatable bonds is 0. The third-order valence-electron chi connectivity index (χ3n) is 3.85. The summed E-state index contributed by atoms with van der Waals surface area (Å²) >= 11 is 0. The van der Waals surface area contributed by atoms with Crippen LogP contribution >= 0.6 is 0 Å². The molecule has 0 fully saturated rings. The predicted molar refractivity (Wildman–Crippen MR) is 110 cm³/mol. The smallest absolute Gasteiger partial charge is 0.149 e. The molecule has 0 amide bonds. The third kappa shape index (κ3) is 4.37.